The average Bonchev–Trinajstić information content (AvgIpc) is 1.65. The lowest BCUT2D eigenvalue weighted by atomic mass is 10.7. The molecule has 0 spiro atoms. The van der Waals surface area contributed by atoms with Crippen LogP contribution < -0.4 is 0 Å². The Morgan fingerprint density at radius 3 is 2.25 bits per heavy atom. The van der Waals surface area contributed by atoms with Gasteiger partial charge in [-0.15, -0.1) is 0 Å². The van der Waals surface area contributed by atoms with E-state index in [-0.39, 0.29) is 0 Å². The number of rotatable bonds is 1. The number of carbonyl (C=O) groups is 2. The zero-order valence-electron chi connectivity index (χ0n) is 4.09. The van der Waals surface area contributed by atoms with Gasteiger partial charge in [-0.1, -0.05) is 6.58 Å². The molecule has 44 valence electrons. The van der Waals surface area contributed by atoms with Gasteiger partial charge in [0.2, 0.25) is 0 Å². The average molecular weight is 132 g/mol. The molecular weight excluding hydrogens is 127 g/mol. The standard InChI is InChI=1S/C4H5O3P/c1-2-3(5)7-4(6)8/h2H,1,8H2. The van der Waals surface area contributed by atoms with Crippen LogP contribution in [0.25, 0.3) is 0 Å². The van der Waals surface area contributed by atoms with Gasteiger partial charge in [-0.2, -0.15) is 0 Å². The van der Waals surface area contributed by atoms with Gasteiger partial charge in [0.15, 0.2) is 0 Å². The third-order valence-corrected chi connectivity index (χ3v) is 0.486. The second-order valence-electron chi connectivity index (χ2n) is 0.944. The predicted molar refractivity (Wildman–Crippen MR) is 31.4 cm³/mol. The Bertz CT molecular complexity index is 129. The van der Waals surface area contributed by atoms with E-state index < -0.39 is 11.7 Å². The smallest absolute Gasteiger partial charge is 0.338 e. The molecule has 4 heteroatoms. The summed E-state index contributed by atoms with van der Waals surface area (Å²) in [5.74, 6) is -0.731. The summed E-state index contributed by atoms with van der Waals surface area (Å²) in [6, 6.07) is 0. The fraction of sp³-hybridized carbons (Fsp3) is 0. The largest absolute Gasteiger partial charge is 0.387 e. The van der Waals surface area contributed by atoms with Crippen molar-refractivity contribution in [2.75, 3.05) is 0 Å². The summed E-state index contributed by atoms with van der Waals surface area (Å²) in [5.41, 5.74) is -0.699. The predicted octanol–water partition coefficient (Wildman–Crippen LogP) is 0.711. The zero-order valence-corrected chi connectivity index (χ0v) is 5.24. The SMILES string of the molecule is C=CC(=O)OC(=O)P. The molecule has 0 radical (unpaired) electrons. The van der Waals surface area contributed by atoms with Crippen molar-refractivity contribution >= 4 is 20.9 Å². The molecule has 0 fully saturated rings. The van der Waals surface area contributed by atoms with E-state index in [2.05, 4.69) is 11.3 Å². The van der Waals surface area contributed by atoms with Crippen LogP contribution in [-0.4, -0.2) is 11.7 Å². The van der Waals surface area contributed by atoms with Gasteiger partial charge in [-0.3, -0.25) is 0 Å². The maximum Gasteiger partial charge on any atom is 0.338 e. The van der Waals surface area contributed by atoms with Crippen molar-refractivity contribution in [3.05, 3.63) is 12.7 Å². The van der Waals surface area contributed by atoms with Gasteiger partial charge in [-0.25, -0.2) is 9.59 Å². The first kappa shape index (κ1) is 7.31. The number of hydrogen-bond acceptors (Lipinski definition) is 3. The van der Waals surface area contributed by atoms with E-state index in [1.807, 2.05) is 0 Å². The topological polar surface area (TPSA) is 43.4 Å². The summed E-state index contributed by atoms with van der Waals surface area (Å²) in [6.45, 7) is 3.08. The molecule has 0 aromatic rings. The van der Waals surface area contributed by atoms with Crippen molar-refractivity contribution in [2.45, 2.75) is 0 Å². The summed E-state index contributed by atoms with van der Waals surface area (Å²) in [7, 11) is 1.70. The second kappa shape index (κ2) is 3.33. The number of ether oxygens (including phenoxy) is 1. The first-order chi connectivity index (χ1) is 3.66. The molecule has 3 nitrogen and oxygen atoms in total. The highest BCUT2D eigenvalue weighted by atomic mass is 31.0. The molecule has 0 bridgehead atoms. The molecule has 0 saturated carbocycles. The Morgan fingerprint density at radius 1 is 1.62 bits per heavy atom. The monoisotopic (exact) mass is 132 g/mol. The third-order valence-electron chi connectivity index (χ3n) is 0.368. The Labute approximate surface area is 48.9 Å². The van der Waals surface area contributed by atoms with Crippen LogP contribution in [0.2, 0.25) is 0 Å². The van der Waals surface area contributed by atoms with Crippen molar-refractivity contribution < 1.29 is 14.3 Å². The van der Waals surface area contributed by atoms with E-state index in [1.165, 1.54) is 0 Å². The lowest BCUT2D eigenvalue weighted by Gasteiger charge is -1.88. The summed E-state index contributed by atoms with van der Waals surface area (Å²) < 4.78 is 3.97. The van der Waals surface area contributed by atoms with Gasteiger partial charge in [0.05, 0.1) is 0 Å². The molecule has 0 amide bonds. The maximum absolute atomic E-state index is 10.0. The second-order valence-corrected chi connectivity index (χ2v) is 1.42. The first-order valence-electron chi connectivity index (χ1n) is 1.80. The highest BCUT2D eigenvalue weighted by Gasteiger charge is 1.96. The van der Waals surface area contributed by atoms with E-state index >= 15 is 0 Å². The number of carbonyl (C=O) groups excluding carboxylic acids is 2. The van der Waals surface area contributed by atoms with Gasteiger partial charge < -0.3 is 4.74 Å². The van der Waals surface area contributed by atoms with Crippen molar-refractivity contribution in [1.82, 2.24) is 0 Å². The lowest BCUT2D eigenvalue weighted by Crippen LogP contribution is -2.00. The van der Waals surface area contributed by atoms with Crippen LogP contribution in [0.15, 0.2) is 12.7 Å². The van der Waals surface area contributed by atoms with Crippen LogP contribution in [0, 0.1) is 0 Å². The minimum Gasteiger partial charge on any atom is -0.387 e. The molecular formula is C4H5O3P. The van der Waals surface area contributed by atoms with Gasteiger partial charge in [0, 0.05) is 6.08 Å². The molecule has 0 heterocycles. The molecule has 1 atom stereocenters. The van der Waals surface area contributed by atoms with Crippen LogP contribution >= 0.6 is 9.24 Å². The molecule has 0 rings (SSSR count). The van der Waals surface area contributed by atoms with Crippen LogP contribution in [-0.2, 0) is 9.53 Å². The van der Waals surface area contributed by atoms with Crippen LogP contribution in [0.1, 0.15) is 0 Å². The molecule has 1 unspecified atom stereocenters. The minimum absolute atomic E-state index is 0.699. The Morgan fingerprint density at radius 2 is 2.12 bits per heavy atom. The van der Waals surface area contributed by atoms with Gasteiger partial charge in [-0.05, 0) is 9.24 Å². The van der Waals surface area contributed by atoms with E-state index in [0.717, 1.165) is 6.08 Å². The Kier molecular flexibility index (Phi) is 3.04. The van der Waals surface area contributed by atoms with Crippen molar-refractivity contribution in [3.8, 4) is 0 Å². The van der Waals surface area contributed by atoms with Crippen LogP contribution in [0.5, 0.6) is 0 Å². The van der Waals surface area contributed by atoms with Crippen molar-refractivity contribution in [2.24, 2.45) is 0 Å². The Balaban J connectivity index is 3.55. The Hall–Kier alpha value is -0.690. The molecule has 0 aliphatic carbocycles. The van der Waals surface area contributed by atoms with Crippen LogP contribution in [0.4, 0.5) is 4.79 Å². The number of esters is 1. The highest BCUT2D eigenvalue weighted by molar-refractivity contribution is 7.39. The maximum atomic E-state index is 10.0. The van der Waals surface area contributed by atoms with E-state index in [4.69, 9.17) is 0 Å². The fourth-order valence-electron chi connectivity index (χ4n) is 0.141. The normalized spacial score (nSPS) is 7.62. The fourth-order valence-corrected chi connectivity index (χ4v) is 0.257. The summed E-state index contributed by atoms with van der Waals surface area (Å²) in [5, 5.41) is 0. The minimum atomic E-state index is -0.731. The van der Waals surface area contributed by atoms with E-state index in [0.29, 0.717) is 0 Å². The summed E-state index contributed by atoms with van der Waals surface area (Å²) >= 11 is 0. The van der Waals surface area contributed by atoms with E-state index in [1.54, 1.807) is 9.24 Å². The summed E-state index contributed by atoms with van der Waals surface area (Å²) in [6.07, 6.45) is 0.919. The zero-order chi connectivity index (χ0) is 6.57. The van der Waals surface area contributed by atoms with Crippen molar-refractivity contribution in [1.29, 1.82) is 0 Å². The van der Waals surface area contributed by atoms with Crippen molar-refractivity contribution in [3.63, 3.8) is 0 Å². The van der Waals surface area contributed by atoms with E-state index in [9.17, 15) is 9.59 Å². The van der Waals surface area contributed by atoms with Gasteiger partial charge in [0.25, 0.3) is 0 Å². The van der Waals surface area contributed by atoms with Crippen LogP contribution in [0.3, 0.4) is 0 Å². The molecule has 0 aliphatic heterocycles. The first-order valence-corrected chi connectivity index (χ1v) is 2.38. The molecule has 0 aromatic heterocycles. The van der Waals surface area contributed by atoms with Gasteiger partial charge >= 0.3 is 11.7 Å². The molecule has 0 aromatic carbocycles. The molecule has 0 N–H and O–H groups in total. The molecule has 0 aliphatic rings. The summed E-state index contributed by atoms with van der Waals surface area (Å²) in [4.78, 5) is 19.9. The number of hydrogen-bond donors (Lipinski definition) is 0. The quantitative estimate of drug-likeness (QED) is 0.228. The molecule has 8 heavy (non-hydrogen) atoms. The highest BCUT2D eigenvalue weighted by Crippen LogP contribution is 1.90. The third kappa shape index (κ3) is 3.50. The lowest BCUT2D eigenvalue weighted by molar-refractivity contribution is -0.130. The molecule has 0 saturated heterocycles. The van der Waals surface area contributed by atoms with Gasteiger partial charge in [0.1, 0.15) is 0 Å².